The van der Waals surface area contributed by atoms with Gasteiger partial charge in [-0.15, -0.1) is 0 Å². The highest BCUT2D eigenvalue weighted by atomic mass is 16.3. The fourth-order valence-corrected chi connectivity index (χ4v) is 2.36. The van der Waals surface area contributed by atoms with E-state index in [1.807, 2.05) is 54.6 Å². The number of benzene rings is 2. The van der Waals surface area contributed by atoms with Crippen molar-refractivity contribution in [1.82, 2.24) is 9.97 Å². The first-order valence-electron chi connectivity index (χ1n) is 7.11. The molecule has 0 radical (unpaired) electrons. The van der Waals surface area contributed by atoms with Crippen LogP contribution in [0.2, 0.25) is 0 Å². The monoisotopic (exact) mass is 303 g/mol. The topological polar surface area (TPSA) is 85.7 Å². The minimum atomic E-state index is -0.0582. The van der Waals surface area contributed by atoms with Crippen LogP contribution < -0.4 is 15.9 Å². The van der Waals surface area contributed by atoms with E-state index in [1.165, 1.54) is 6.34 Å². The molecule has 23 heavy (non-hydrogen) atoms. The van der Waals surface area contributed by atoms with Gasteiger partial charge in [0.15, 0.2) is 0 Å². The maximum atomic E-state index is 10.0. The molecule has 3 aromatic rings. The van der Waals surface area contributed by atoms with Crippen molar-refractivity contribution >= 4 is 29.7 Å². The van der Waals surface area contributed by atoms with E-state index in [1.54, 1.807) is 0 Å². The van der Waals surface area contributed by atoms with Gasteiger partial charge < -0.3 is 15.4 Å². The van der Waals surface area contributed by atoms with Crippen LogP contribution in [0.5, 0.6) is 5.88 Å². The first-order valence-corrected chi connectivity index (χ1v) is 7.11. The average molecular weight is 303 g/mol. The van der Waals surface area contributed by atoms with Crippen LogP contribution in [0.1, 0.15) is 5.69 Å². The van der Waals surface area contributed by atoms with Crippen LogP contribution in [-0.2, 0) is 0 Å². The highest BCUT2D eigenvalue weighted by molar-refractivity contribution is 5.67. The van der Waals surface area contributed by atoms with Crippen molar-refractivity contribution in [3.05, 3.63) is 64.8 Å². The number of rotatable bonds is 3. The van der Waals surface area contributed by atoms with E-state index < -0.39 is 0 Å². The Morgan fingerprint density at radius 2 is 1.96 bits per heavy atom. The lowest BCUT2D eigenvalue weighted by atomic mass is 10.2. The number of hydrogen-bond donors (Lipinski definition) is 3. The summed E-state index contributed by atoms with van der Waals surface area (Å²) >= 11 is 0. The van der Waals surface area contributed by atoms with E-state index in [-0.39, 0.29) is 5.88 Å². The van der Waals surface area contributed by atoms with E-state index >= 15 is 0 Å². The lowest BCUT2D eigenvalue weighted by molar-refractivity contribution is 0.455. The molecular weight excluding hydrogens is 290 g/mol. The second-order valence-electron chi connectivity index (χ2n) is 5.08. The normalized spacial score (nSPS) is 13.0. The van der Waals surface area contributed by atoms with E-state index in [9.17, 15) is 5.11 Å². The molecule has 0 aliphatic carbocycles. The van der Waals surface area contributed by atoms with Gasteiger partial charge in [0.05, 0.1) is 11.0 Å². The summed E-state index contributed by atoms with van der Waals surface area (Å²) in [5.41, 5.74) is 2.24. The van der Waals surface area contributed by atoms with Crippen LogP contribution >= 0.6 is 0 Å². The van der Waals surface area contributed by atoms with E-state index in [0.29, 0.717) is 11.6 Å². The minimum absolute atomic E-state index is 0.0582. The van der Waals surface area contributed by atoms with Gasteiger partial charge in [0, 0.05) is 5.69 Å². The summed E-state index contributed by atoms with van der Waals surface area (Å²) in [5.74, 6) is 0.422. The molecule has 0 saturated carbocycles. The number of aromatic hydroxyl groups is 1. The maximum Gasteiger partial charge on any atom is 0.238 e. The lowest BCUT2D eigenvalue weighted by Crippen LogP contribution is -2.07. The SMILES string of the molecule is Oc1nc(Nc2ccccc2)[nH]c1/C=c1\ccc2c(c1)N=CN=2. The minimum Gasteiger partial charge on any atom is -0.492 e. The molecule has 4 rings (SSSR count). The number of aliphatic imine (C=N–C) groups is 1. The van der Waals surface area contributed by atoms with Crippen LogP contribution in [0.4, 0.5) is 17.3 Å². The summed E-state index contributed by atoms with van der Waals surface area (Å²) < 4.78 is 0. The van der Waals surface area contributed by atoms with Gasteiger partial charge in [-0.1, -0.05) is 24.3 Å². The van der Waals surface area contributed by atoms with Gasteiger partial charge in [-0.2, -0.15) is 4.98 Å². The molecule has 3 N–H and O–H groups in total. The summed E-state index contributed by atoms with van der Waals surface area (Å²) in [5, 5.41) is 14.9. The zero-order valence-electron chi connectivity index (χ0n) is 12.1. The predicted molar refractivity (Wildman–Crippen MR) is 88.9 cm³/mol. The molecule has 1 aromatic heterocycles. The molecule has 6 heteroatoms. The molecule has 0 fully saturated rings. The Morgan fingerprint density at radius 1 is 1.09 bits per heavy atom. The van der Waals surface area contributed by atoms with E-state index in [4.69, 9.17) is 0 Å². The number of imidazole rings is 1. The smallest absolute Gasteiger partial charge is 0.238 e. The van der Waals surface area contributed by atoms with Crippen LogP contribution in [0.3, 0.4) is 0 Å². The van der Waals surface area contributed by atoms with Gasteiger partial charge in [-0.3, -0.25) is 0 Å². The van der Waals surface area contributed by atoms with Crippen LogP contribution in [0.15, 0.2) is 58.5 Å². The van der Waals surface area contributed by atoms with E-state index in [0.717, 1.165) is 22.0 Å². The average Bonchev–Trinajstić information content (AvgIpc) is 3.15. The molecule has 112 valence electrons. The third-order valence-electron chi connectivity index (χ3n) is 3.45. The molecule has 0 bridgehead atoms. The number of aromatic amines is 1. The molecular formula is C17H13N5O. The zero-order valence-corrected chi connectivity index (χ0v) is 12.1. The highest BCUT2D eigenvalue weighted by Crippen LogP contribution is 2.20. The molecule has 6 nitrogen and oxygen atoms in total. The van der Waals surface area contributed by atoms with Crippen molar-refractivity contribution in [1.29, 1.82) is 0 Å². The van der Waals surface area contributed by atoms with Crippen LogP contribution in [0.25, 0.3) is 6.08 Å². The lowest BCUT2D eigenvalue weighted by Gasteiger charge is -2.00. The summed E-state index contributed by atoms with van der Waals surface area (Å²) in [6, 6.07) is 15.4. The molecule has 0 amide bonds. The fraction of sp³-hybridized carbons (Fsp3) is 0. The van der Waals surface area contributed by atoms with Gasteiger partial charge in [-0.25, -0.2) is 9.98 Å². The first-order chi connectivity index (χ1) is 11.3. The molecule has 0 spiro atoms. The fourth-order valence-electron chi connectivity index (χ4n) is 2.36. The van der Waals surface area contributed by atoms with Crippen LogP contribution in [0, 0.1) is 0 Å². The Morgan fingerprint density at radius 3 is 2.83 bits per heavy atom. The number of aromatic nitrogens is 2. The van der Waals surface area contributed by atoms with Gasteiger partial charge in [0.25, 0.3) is 0 Å². The Labute approximate surface area is 131 Å². The first kappa shape index (κ1) is 13.3. The molecule has 2 aromatic carbocycles. The van der Waals surface area contributed by atoms with Crippen molar-refractivity contribution in [3.8, 4) is 5.88 Å². The van der Waals surface area contributed by atoms with Gasteiger partial charge >= 0.3 is 0 Å². The van der Waals surface area contributed by atoms with Crippen molar-refractivity contribution in [2.75, 3.05) is 5.32 Å². The Kier molecular flexibility index (Phi) is 3.12. The Bertz CT molecular complexity index is 1010. The Balaban J connectivity index is 1.66. The molecule has 1 aliphatic rings. The number of hydrogen-bond acceptors (Lipinski definition) is 5. The second-order valence-corrected chi connectivity index (χ2v) is 5.08. The summed E-state index contributed by atoms with van der Waals surface area (Å²) in [7, 11) is 0. The van der Waals surface area contributed by atoms with Gasteiger partial charge in [0.2, 0.25) is 11.8 Å². The molecule has 2 heterocycles. The second kappa shape index (κ2) is 5.42. The summed E-state index contributed by atoms with van der Waals surface area (Å²) in [6.07, 6.45) is 3.34. The number of nitrogens with zero attached hydrogens (tertiary/aromatic N) is 3. The maximum absolute atomic E-state index is 10.0. The molecule has 0 unspecified atom stereocenters. The largest absolute Gasteiger partial charge is 0.492 e. The van der Waals surface area contributed by atoms with Crippen molar-refractivity contribution in [2.24, 2.45) is 9.98 Å². The van der Waals surface area contributed by atoms with E-state index in [2.05, 4.69) is 25.3 Å². The van der Waals surface area contributed by atoms with Gasteiger partial charge in [-0.05, 0) is 35.6 Å². The third kappa shape index (κ3) is 2.69. The van der Waals surface area contributed by atoms with Crippen molar-refractivity contribution < 1.29 is 5.11 Å². The molecule has 0 saturated heterocycles. The highest BCUT2D eigenvalue weighted by Gasteiger charge is 2.07. The molecule has 1 aliphatic heterocycles. The number of fused-ring (bicyclic) bond motifs is 1. The zero-order chi connectivity index (χ0) is 15.6. The number of nitrogens with one attached hydrogen (secondary N) is 2. The quantitative estimate of drug-likeness (QED) is 0.691. The molecule has 0 atom stereocenters. The van der Waals surface area contributed by atoms with Crippen molar-refractivity contribution in [3.63, 3.8) is 0 Å². The van der Waals surface area contributed by atoms with Crippen molar-refractivity contribution in [2.45, 2.75) is 0 Å². The number of H-pyrrole nitrogens is 1. The number of anilines is 2. The number of para-hydroxylation sites is 1. The summed E-state index contributed by atoms with van der Waals surface area (Å²) in [4.78, 5) is 15.4. The van der Waals surface area contributed by atoms with Crippen LogP contribution in [-0.4, -0.2) is 21.4 Å². The predicted octanol–water partition coefficient (Wildman–Crippen LogP) is 1.98. The standard InChI is InChI=1S/C17H13N5O/c23-16-15(9-11-6-7-13-14(8-11)19-10-18-13)21-17(22-16)20-12-4-2-1-3-5-12/h1-10,23H,(H2,20,21,22)/b11-9+. The summed E-state index contributed by atoms with van der Waals surface area (Å²) in [6.45, 7) is 0. The van der Waals surface area contributed by atoms with Gasteiger partial charge in [0.1, 0.15) is 12.0 Å². The third-order valence-corrected chi connectivity index (χ3v) is 3.45. The Hall–Kier alpha value is -3.41.